The van der Waals surface area contributed by atoms with Gasteiger partial charge < -0.3 is 26.0 Å². The molecule has 1 unspecified atom stereocenters. The monoisotopic (exact) mass is 646 g/mol. The fourth-order valence-electron chi connectivity index (χ4n) is 4.00. The third kappa shape index (κ3) is 11.9. The number of hydrogen-bond donors (Lipinski definition) is 4. The Morgan fingerprint density at radius 3 is 2.09 bits per heavy atom. The SMILES string of the molecule is O=C(CCCNC(=O)NCc1ccccc1Cl)NCC(=O)NC(CC(=O)OC(=O)C(F)(F)F)c1ccc(-c2ccccc2)cc1. The maximum Gasteiger partial charge on any atom is 0.491 e. The molecule has 1 atom stereocenters. The molecule has 0 heterocycles. The summed E-state index contributed by atoms with van der Waals surface area (Å²) in [6.45, 7) is -0.108. The quantitative estimate of drug-likeness (QED) is 0.122. The van der Waals surface area contributed by atoms with Gasteiger partial charge in [-0.1, -0.05) is 84.4 Å². The van der Waals surface area contributed by atoms with Crippen LogP contribution in [0.4, 0.5) is 18.0 Å². The number of halogens is 4. The molecule has 3 rings (SSSR count). The molecule has 238 valence electrons. The van der Waals surface area contributed by atoms with Crippen LogP contribution in [0.2, 0.25) is 5.02 Å². The van der Waals surface area contributed by atoms with Gasteiger partial charge in [0.15, 0.2) is 0 Å². The Labute approximate surface area is 261 Å². The smallest absolute Gasteiger partial charge is 0.386 e. The van der Waals surface area contributed by atoms with E-state index in [0.717, 1.165) is 16.7 Å². The first-order chi connectivity index (χ1) is 21.4. The number of ether oxygens (including phenoxy) is 1. The number of amides is 4. The van der Waals surface area contributed by atoms with E-state index in [9.17, 15) is 37.1 Å². The van der Waals surface area contributed by atoms with Crippen molar-refractivity contribution >= 4 is 41.4 Å². The highest BCUT2D eigenvalue weighted by Gasteiger charge is 2.42. The van der Waals surface area contributed by atoms with Gasteiger partial charge in [0.05, 0.1) is 19.0 Å². The van der Waals surface area contributed by atoms with E-state index in [0.29, 0.717) is 10.6 Å². The van der Waals surface area contributed by atoms with Gasteiger partial charge in [0.1, 0.15) is 0 Å². The van der Waals surface area contributed by atoms with Gasteiger partial charge in [-0.2, -0.15) is 13.2 Å². The number of carbonyl (C=O) groups excluding carboxylic acids is 5. The second-order valence-corrected chi connectivity index (χ2v) is 10.1. The molecule has 4 N–H and O–H groups in total. The highest BCUT2D eigenvalue weighted by atomic mass is 35.5. The van der Waals surface area contributed by atoms with Crippen molar-refractivity contribution < 1.29 is 41.9 Å². The number of benzene rings is 3. The van der Waals surface area contributed by atoms with Crippen molar-refractivity contribution in [3.63, 3.8) is 0 Å². The Kier molecular flexibility index (Phi) is 12.9. The van der Waals surface area contributed by atoms with Crippen molar-refractivity contribution in [1.29, 1.82) is 0 Å². The largest absolute Gasteiger partial charge is 0.491 e. The van der Waals surface area contributed by atoms with Crippen LogP contribution < -0.4 is 21.3 Å². The molecule has 0 aliphatic heterocycles. The first kappa shape index (κ1) is 34.6. The Morgan fingerprint density at radius 1 is 0.778 bits per heavy atom. The molecule has 0 bridgehead atoms. The van der Waals surface area contributed by atoms with Gasteiger partial charge in [0.25, 0.3) is 0 Å². The first-order valence-electron chi connectivity index (χ1n) is 13.7. The molecular weight excluding hydrogens is 617 g/mol. The van der Waals surface area contributed by atoms with E-state index in [1.54, 1.807) is 48.5 Å². The van der Waals surface area contributed by atoms with Crippen molar-refractivity contribution in [2.75, 3.05) is 13.1 Å². The number of rotatable bonds is 13. The van der Waals surface area contributed by atoms with E-state index in [1.807, 2.05) is 30.3 Å². The fraction of sp³-hybridized carbons (Fsp3) is 0.258. The molecule has 0 aromatic heterocycles. The highest BCUT2D eigenvalue weighted by Crippen LogP contribution is 2.24. The lowest BCUT2D eigenvalue weighted by Gasteiger charge is -2.19. The molecule has 14 heteroatoms. The predicted molar refractivity (Wildman–Crippen MR) is 158 cm³/mol. The van der Waals surface area contributed by atoms with Crippen LogP contribution in [0.25, 0.3) is 11.1 Å². The molecule has 0 saturated carbocycles. The Bertz CT molecular complexity index is 1490. The Morgan fingerprint density at radius 2 is 1.42 bits per heavy atom. The van der Waals surface area contributed by atoms with E-state index in [2.05, 4.69) is 26.0 Å². The summed E-state index contributed by atoms with van der Waals surface area (Å²) in [4.78, 5) is 60.0. The topological polar surface area (TPSA) is 143 Å². The van der Waals surface area contributed by atoms with E-state index in [4.69, 9.17) is 11.6 Å². The van der Waals surface area contributed by atoms with Crippen LogP contribution in [0.1, 0.15) is 36.4 Å². The van der Waals surface area contributed by atoms with Crippen LogP contribution in [0, 0.1) is 0 Å². The number of urea groups is 1. The lowest BCUT2D eigenvalue weighted by atomic mass is 9.99. The van der Waals surface area contributed by atoms with Crippen LogP contribution >= 0.6 is 11.6 Å². The van der Waals surface area contributed by atoms with Gasteiger partial charge in [-0.3, -0.25) is 14.4 Å². The minimum atomic E-state index is -5.37. The Hall–Kier alpha value is -4.91. The van der Waals surface area contributed by atoms with Crippen molar-refractivity contribution in [3.05, 3.63) is 95.0 Å². The first-order valence-corrected chi connectivity index (χ1v) is 14.1. The Balaban J connectivity index is 1.48. The second kappa shape index (κ2) is 16.8. The number of carbonyl (C=O) groups is 5. The number of alkyl halides is 3. The van der Waals surface area contributed by atoms with Gasteiger partial charge in [-0.05, 0) is 34.7 Å². The van der Waals surface area contributed by atoms with Gasteiger partial charge in [-0.25, -0.2) is 9.59 Å². The summed E-state index contributed by atoms with van der Waals surface area (Å²) in [5.41, 5.74) is 2.78. The van der Waals surface area contributed by atoms with Crippen molar-refractivity contribution in [1.82, 2.24) is 21.3 Å². The summed E-state index contributed by atoms with van der Waals surface area (Å²) in [7, 11) is 0. The lowest BCUT2D eigenvalue weighted by molar-refractivity contribution is -0.202. The van der Waals surface area contributed by atoms with E-state index in [-0.39, 0.29) is 25.9 Å². The molecule has 0 saturated heterocycles. The molecule has 0 aliphatic carbocycles. The van der Waals surface area contributed by atoms with Crippen molar-refractivity contribution in [2.24, 2.45) is 0 Å². The van der Waals surface area contributed by atoms with E-state index in [1.165, 1.54) is 0 Å². The summed E-state index contributed by atoms with van der Waals surface area (Å²) >= 11 is 6.05. The molecule has 10 nitrogen and oxygen atoms in total. The van der Waals surface area contributed by atoms with Crippen LogP contribution in [-0.2, 0) is 30.5 Å². The minimum Gasteiger partial charge on any atom is -0.386 e. The molecule has 0 fully saturated rings. The lowest BCUT2D eigenvalue weighted by Crippen LogP contribution is -2.40. The molecule has 4 amide bonds. The average molecular weight is 647 g/mol. The molecule has 0 radical (unpaired) electrons. The standard InChI is InChI=1S/C31H30ClF3N4O6/c32-24-10-5-4-9-23(24)18-38-30(44)36-16-6-11-26(40)37-19-27(41)39-25(17-28(42)45-29(43)31(33,34)35)22-14-12-21(13-15-22)20-7-2-1-3-8-20/h1-5,7-10,12-15,25H,6,11,16-19H2,(H,37,40)(H,39,41)(H2,36,38,44). The number of esters is 2. The van der Waals surface area contributed by atoms with Gasteiger partial charge in [0.2, 0.25) is 11.8 Å². The van der Waals surface area contributed by atoms with E-state index < -0.39 is 55.0 Å². The third-order valence-electron chi connectivity index (χ3n) is 6.27. The molecule has 0 spiro atoms. The summed E-state index contributed by atoms with van der Waals surface area (Å²) < 4.78 is 41.6. The zero-order chi connectivity index (χ0) is 32.8. The zero-order valence-electron chi connectivity index (χ0n) is 23.8. The van der Waals surface area contributed by atoms with Crippen molar-refractivity contribution in [2.45, 2.75) is 38.0 Å². The summed E-state index contributed by atoms with van der Waals surface area (Å²) in [5.74, 6) is -5.41. The molecule has 3 aromatic rings. The van der Waals surface area contributed by atoms with Crippen molar-refractivity contribution in [3.8, 4) is 11.1 Å². The van der Waals surface area contributed by atoms with Gasteiger partial charge >= 0.3 is 24.1 Å². The molecule has 3 aromatic carbocycles. The maximum absolute atomic E-state index is 12.6. The summed E-state index contributed by atoms with van der Waals surface area (Å²) in [6.07, 6.45) is -5.90. The maximum atomic E-state index is 12.6. The average Bonchev–Trinajstić information content (AvgIpc) is 3.01. The fourth-order valence-corrected chi connectivity index (χ4v) is 4.21. The van der Waals surface area contributed by atoms with Crippen LogP contribution in [-0.4, -0.2) is 49.0 Å². The van der Waals surface area contributed by atoms with E-state index >= 15 is 0 Å². The minimum absolute atomic E-state index is 0.0195. The second-order valence-electron chi connectivity index (χ2n) is 9.65. The normalized spacial score (nSPS) is 11.6. The van der Waals surface area contributed by atoms with Crippen LogP contribution in [0.15, 0.2) is 78.9 Å². The van der Waals surface area contributed by atoms with Gasteiger partial charge in [0, 0.05) is 24.5 Å². The molecule has 45 heavy (non-hydrogen) atoms. The summed E-state index contributed by atoms with van der Waals surface area (Å²) in [5, 5.41) is 10.7. The summed E-state index contributed by atoms with van der Waals surface area (Å²) in [6, 6.07) is 21.2. The highest BCUT2D eigenvalue weighted by molar-refractivity contribution is 6.31. The zero-order valence-corrected chi connectivity index (χ0v) is 24.5. The van der Waals surface area contributed by atoms with Crippen LogP contribution in [0.5, 0.6) is 0 Å². The number of nitrogens with one attached hydrogen (secondary N) is 4. The third-order valence-corrected chi connectivity index (χ3v) is 6.64. The number of hydrogen-bond acceptors (Lipinski definition) is 6. The molecular formula is C31H30ClF3N4O6. The predicted octanol–water partition coefficient (Wildman–Crippen LogP) is 4.58. The van der Waals surface area contributed by atoms with Crippen LogP contribution in [0.3, 0.4) is 0 Å². The van der Waals surface area contributed by atoms with Gasteiger partial charge in [-0.15, -0.1) is 0 Å². The molecule has 0 aliphatic rings.